The maximum atomic E-state index is 13.3. The Kier molecular flexibility index (Phi) is 7.04. The van der Waals surface area contributed by atoms with Gasteiger partial charge in [-0.25, -0.2) is 8.42 Å². The van der Waals surface area contributed by atoms with Gasteiger partial charge in [-0.2, -0.15) is 0 Å². The molecule has 2 heterocycles. The van der Waals surface area contributed by atoms with Crippen LogP contribution < -0.4 is 10.1 Å². The minimum Gasteiger partial charge on any atom is -0.497 e. The van der Waals surface area contributed by atoms with Crippen molar-refractivity contribution in [3.8, 4) is 5.75 Å². The molecule has 10 heteroatoms. The van der Waals surface area contributed by atoms with Crippen LogP contribution in [0.15, 0.2) is 59.8 Å². The fraction of sp³-hybridized carbons (Fsp3) is 0.348. The zero-order valence-electron chi connectivity index (χ0n) is 18.5. The number of ether oxygens (including phenoxy) is 1. The van der Waals surface area contributed by atoms with Crippen LogP contribution in [0.5, 0.6) is 5.75 Å². The van der Waals surface area contributed by atoms with Gasteiger partial charge < -0.3 is 14.6 Å². The van der Waals surface area contributed by atoms with Crippen LogP contribution in [0.3, 0.4) is 0 Å². The van der Waals surface area contributed by atoms with Gasteiger partial charge in [0.15, 0.2) is 15.0 Å². The summed E-state index contributed by atoms with van der Waals surface area (Å²) in [6, 6.07) is 16.7. The lowest BCUT2D eigenvalue weighted by Gasteiger charge is -2.17. The molecule has 0 radical (unpaired) electrons. The minimum atomic E-state index is -2.95. The van der Waals surface area contributed by atoms with Gasteiger partial charge in [0.2, 0.25) is 5.91 Å². The highest BCUT2D eigenvalue weighted by atomic mass is 32.2. The van der Waals surface area contributed by atoms with Crippen molar-refractivity contribution in [2.75, 3.05) is 23.9 Å². The third-order valence-corrected chi connectivity index (χ3v) is 8.75. The number of hydrogen-bond donors (Lipinski definition) is 1. The highest BCUT2D eigenvalue weighted by molar-refractivity contribution is 8.00. The molecule has 0 aliphatic carbocycles. The van der Waals surface area contributed by atoms with E-state index in [4.69, 9.17) is 4.74 Å². The molecule has 174 valence electrons. The molecule has 1 aromatic heterocycles. The second-order valence-corrected chi connectivity index (χ2v) is 11.4. The lowest BCUT2D eigenvalue weighted by molar-refractivity contribution is -0.115. The predicted octanol–water partition coefficient (Wildman–Crippen LogP) is 3.27. The molecule has 1 aliphatic rings. The first-order valence-corrected chi connectivity index (χ1v) is 13.3. The van der Waals surface area contributed by atoms with Crippen molar-refractivity contribution in [2.45, 2.75) is 23.2 Å². The predicted molar refractivity (Wildman–Crippen MR) is 128 cm³/mol. The summed E-state index contributed by atoms with van der Waals surface area (Å²) in [5, 5.41) is 11.6. The number of rotatable bonds is 8. The van der Waals surface area contributed by atoms with Crippen molar-refractivity contribution in [2.24, 2.45) is 13.0 Å². The van der Waals surface area contributed by atoms with Gasteiger partial charge in [-0.1, -0.05) is 48.2 Å². The minimum absolute atomic E-state index is 0.0528. The maximum Gasteiger partial charge on any atom is 0.242 e. The Balaban J connectivity index is 1.54. The largest absolute Gasteiger partial charge is 0.497 e. The average molecular weight is 487 g/mol. The third-order valence-electron chi connectivity index (χ3n) is 5.62. The number of carbonyl (C=O) groups is 1. The topological polar surface area (TPSA) is 103 Å². The SMILES string of the molecule is COc1cccc(NC(=O)C(Sc2nnc(CC3CCS(=O)(=O)C3)n2C)c2ccccc2)c1. The van der Waals surface area contributed by atoms with Crippen LogP contribution in [-0.2, 0) is 28.1 Å². The van der Waals surface area contributed by atoms with Crippen molar-refractivity contribution >= 4 is 33.2 Å². The molecule has 0 bridgehead atoms. The van der Waals surface area contributed by atoms with E-state index >= 15 is 0 Å². The van der Waals surface area contributed by atoms with E-state index in [1.54, 1.807) is 13.2 Å². The number of aromatic nitrogens is 3. The molecule has 0 saturated carbocycles. The van der Waals surface area contributed by atoms with Gasteiger partial charge in [0.1, 0.15) is 16.8 Å². The van der Waals surface area contributed by atoms with E-state index in [0.29, 0.717) is 29.4 Å². The number of amides is 1. The summed E-state index contributed by atoms with van der Waals surface area (Å²) in [6.45, 7) is 0. The second-order valence-electron chi connectivity index (χ2n) is 8.06. The van der Waals surface area contributed by atoms with Gasteiger partial charge >= 0.3 is 0 Å². The number of hydrogen-bond acceptors (Lipinski definition) is 7. The van der Waals surface area contributed by atoms with E-state index < -0.39 is 15.1 Å². The Hall–Kier alpha value is -2.85. The van der Waals surface area contributed by atoms with Crippen LogP contribution in [0.4, 0.5) is 5.69 Å². The number of carbonyl (C=O) groups excluding carboxylic acids is 1. The van der Waals surface area contributed by atoms with Crippen molar-refractivity contribution in [1.82, 2.24) is 14.8 Å². The number of benzene rings is 2. The molecule has 1 N–H and O–H groups in total. The summed E-state index contributed by atoms with van der Waals surface area (Å²) in [7, 11) is 0.483. The highest BCUT2D eigenvalue weighted by Gasteiger charge is 2.30. The van der Waals surface area contributed by atoms with Gasteiger partial charge in [0.05, 0.1) is 18.6 Å². The van der Waals surface area contributed by atoms with E-state index in [1.807, 2.05) is 60.1 Å². The molecule has 2 atom stereocenters. The van der Waals surface area contributed by atoms with E-state index in [1.165, 1.54) is 11.8 Å². The number of nitrogens with one attached hydrogen (secondary N) is 1. The molecule has 1 amide bonds. The summed E-state index contributed by atoms with van der Waals surface area (Å²) in [4.78, 5) is 13.3. The average Bonchev–Trinajstić information content (AvgIpc) is 3.33. The van der Waals surface area contributed by atoms with E-state index in [2.05, 4.69) is 15.5 Å². The molecule has 8 nitrogen and oxygen atoms in total. The van der Waals surface area contributed by atoms with Crippen LogP contribution in [0.2, 0.25) is 0 Å². The Morgan fingerprint density at radius 2 is 2.00 bits per heavy atom. The van der Waals surface area contributed by atoms with Gasteiger partial charge in [0, 0.05) is 25.2 Å². The van der Waals surface area contributed by atoms with Crippen molar-refractivity contribution in [3.05, 3.63) is 66.0 Å². The number of methoxy groups -OCH3 is 1. The van der Waals surface area contributed by atoms with E-state index in [-0.39, 0.29) is 23.3 Å². The Bertz CT molecular complexity index is 1230. The maximum absolute atomic E-state index is 13.3. The van der Waals surface area contributed by atoms with Crippen molar-refractivity contribution in [1.29, 1.82) is 0 Å². The van der Waals surface area contributed by atoms with Gasteiger partial charge in [-0.15, -0.1) is 10.2 Å². The molecule has 1 saturated heterocycles. The normalized spacial score (nSPS) is 18.1. The van der Waals surface area contributed by atoms with Crippen LogP contribution in [-0.4, -0.2) is 47.7 Å². The molecule has 1 aliphatic heterocycles. The second kappa shape index (κ2) is 9.96. The van der Waals surface area contributed by atoms with Gasteiger partial charge in [-0.3, -0.25) is 4.79 Å². The van der Waals surface area contributed by atoms with E-state index in [0.717, 1.165) is 11.4 Å². The fourth-order valence-electron chi connectivity index (χ4n) is 3.83. The van der Waals surface area contributed by atoms with Crippen LogP contribution in [0.25, 0.3) is 0 Å². The lowest BCUT2D eigenvalue weighted by Crippen LogP contribution is -2.19. The summed E-state index contributed by atoms with van der Waals surface area (Å²) >= 11 is 1.31. The molecule has 2 unspecified atom stereocenters. The molecular weight excluding hydrogens is 460 g/mol. The first kappa shape index (κ1) is 23.3. The first-order valence-electron chi connectivity index (χ1n) is 10.6. The van der Waals surface area contributed by atoms with E-state index in [9.17, 15) is 13.2 Å². The third kappa shape index (κ3) is 5.75. The molecule has 4 rings (SSSR count). The summed E-state index contributed by atoms with van der Waals surface area (Å²) in [5.41, 5.74) is 1.48. The fourth-order valence-corrected chi connectivity index (χ4v) is 6.71. The Morgan fingerprint density at radius 3 is 2.70 bits per heavy atom. The smallest absolute Gasteiger partial charge is 0.242 e. The number of anilines is 1. The molecule has 0 spiro atoms. The molecule has 33 heavy (non-hydrogen) atoms. The zero-order chi connectivity index (χ0) is 23.4. The van der Waals surface area contributed by atoms with Crippen LogP contribution in [0.1, 0.15) is 23.1 Å². The Labute approximate surface area is 197 Å². The number of thioether (sulfide) groups is 1. The number of sulfone groups is 1. The van der Waals surface area contributed by atoms with Gasteiger partial charge in [-0.05, 0) is 30.0 Å². The van der Waals surface area contributed by atoms with Gasteiger partial charge in [0.25, 0.3) is 0 Å². The van der Waals surface area contributed by atoms with Crippen molar-refractivity contribution < 1.29 is 17.9 Å². The van der Waals surface area contributed by atoms with Crippen molar-refractivity contribution in [3.63, 3.8) is 0 Å². The number of nitrogens with zero attached hydrogens (tertiary/aromatic N) is 3. The molecule has 1 fully saturated rings. The first-order chi connectivity index (χ1) is 15.8. The summed E-state index contributed by atoms with van der Waals surface area (Å²) in [5.74, 6) is 1.67. The molecule has 3 aromatic rings. The summed E-state index contributed by atoms with van der Waals surface area (Å²) < 4.78 is 30.7. The lowest BCUT2D eigenvalue weighted by atomic mass is 10.1. The standard InChI is InChI=1S/C23H26N4O4S2/c1-27-20(13-16-11-12-33(29,30)15-16)25-26-23(27)32-21(17-7-4-3-5-8-17)22(28)24-18-9-6-10-19(14-18)31-2/h3-10,14,16,21H,11-13,15H2,1-2H3,(H,24,28). The van der Waals surface area contributed by atoms with Crippen LogP contribution >= 0.6 is 11.8 Å². The quantitative estimate of drug-likeness (QED) is 0.488. The zero-order valence-corrected chi connectivity index (χ0v) is 20.1. The Morgan fingerprint density at radius 1 is 1.21 bits per heavy atom. The molecular formula is C23H26N4O4S2. The molecule has 2 aromatic carbocycles. The monoisotopic (exact) mass is 486 g/mol. The van der Waals surface area contributed by atoms with Crippen LogP contribution in [0, 0.1) is 5.92 Å². The summed E-state index contributed by atoms with van der Waals surface area (Å²) in [6.07, 6.45) is 1.20. The highest BCUT2D eigenvalue weighted by Crippen LogP contribution is 2.36.